The highest BCUT2D eigenvalue weighted by molar-refractivity contribution is 5.92. The minimum absolute atomic E-state index is 0.633. The van der Waals surface area contributed by atoms with Crippen molar-refractivity contribution < 1.29 is 4.42 Å². The number of aromatic nitrogens is 1. The number of oxazole rings is 1. The summed E-state index contributed by atoms with van der Waals surface area (Å²) in [5.41, 5.74) is 10.4. The molecule has 0 amide bonds. The van der Waals surface area contributed by atoms with Crippen LogP contribution in [0.25, 0.3) is 44.8 Å². The van der Waals surface area contributed by atoms with Crippen molar-refractivity contribution in [3.8, 4) is 33.7 Å². The van der Waals surface area contributed by atoms with Crippen LogP contribution in [0.3, 0.4) is 0 Å². The lowest BCUT2D eigenvalue weighted by Crippen LogP contribution is -2.09. The van der Waals surface area contributed by atoms with Crippen LogP contribution < -0.4 is 4.90 Å². The summed E-state index contributed by atoms with van der Waals surface area (Å²) in [6.45, 7) is 0. The van der Waals surface area contributed by atoms with Gasteiger partial charge in [-0.3, -0.25) is 0 Å². The van der Waals surface area contributed by atoms with Crippen molar-refractivity contribution in [2.24, 2.45) is 0 Å². The van der Waals surface area contributed by atoms with Crippen molar-refractivity contribution in [1.82, 2.24) is 4.98 Å². The van der Waals surface area contributed by atoms with E-state index >= 15 is 0 Å². The van der Waals surface area contributed by atoms with Crippen LogP contribution in [0.1, 0.15) is 0 Å². The maximum Gasteiger partial charge on any atom is 0.227 e. The van der Waals surface area contributed by atoms with E-state index in [0.29, 0.717) is 5.89 Å². The van der Waals surface area contributed by atoms with Gasteiger partial charge < -0.3 is 9.32 Å². The first kappa shape index (κ1) is 23.7. The number of fused-ring (bicyclic) bond motifs is 1. The van der Waals surface area contributed by atoms with Gasteiger partial charge >= 0.3 is 0 Å². The monoisotopic (exact) mass is 514 g/mol. The molecule has 40 heavy (non-hydrogen) atoms. The van der Waals surface area contributed by atoms with Gasteiger partial charge in [0.15, 0.2) is 5.58 Å². The van der Waals surface area contributed by atoms with Crippen LogP contribution in [0.5, 0.6) is 0 Å². The van der Waals surface area contributed by atoms with E-state index in [1.54, 1.807) is 0 Å². The summed E-state index contributed by atoms with van der Waals surface area (Å²) in [4.78, 5) is 7.04. The van der Waals surface area contributed by atoms with E-state index in [-0.39, 0.29) is 0 Å². The lowest BCUT2D eigenvalue weighted by Gasteiger charge is -2.26. The number of rotatable bonds is 6. The maximum absolute atomic E-state index is 6.29. The molecule has 1 heterocycles. The van der Waals surface area contributed by atoms with Crippen LogP contribution in [-0.4, -0.2) is 4.98 Å². The van der Waals surface area contributed by atoms with Crippen LogP contribution >= 0.6 is 0 Å². The third kappa shape index (κ3) is 4.55. The molecule has 0 saturated heterocycles. The zero-order chi connectivity index (χ0) is 26.7. The van der Waals surface area contributed by atoms with Gasteiger partial charge in [-0.1, -0.05) is 103 Å². The second kappa shape index (κ2) is 10.4. The Balaban J connectivity index is 1.29. The molecule has 7 rings (SSSR count). The zero-order valence-corrected chi connectivity index (χ0v) is 21.8. The number of benzene rings is 6. The number of hydrogen-bond donors (Lipinski definition) is 0. The predicted octanol–water partition coefficient (Wildman–Crippen LogP) is 10.3. The molecule has 1 aromatic heterocycles. The highest BCUT2D eigenvalue weighted by atomic mass is 16.3. The Morgan fingerprint density at radius 2 is 1.00 bits per heavy atom. The molecule has 0 saturated carbocycles. The minimum atomic E-state index is 0.633. The van der Waals surface area contributed by atoms with Gasteiger partial charge in [0.05, 0.1) is 0 Å². The van der Waals surface area contributed by atoms with Crippen LogP contribution in [0.4, 0.5) is 17.1 Å². The fraction of sp³-hybridized carbons (Fsp3) is 0. The highest BCUT2D eigenvalue weighted by Crippen LogP contribution is 2.38. The molecule has 0 aliphatic heterocycles. The van der Waals surface area contributed by atoms with Gasteiger partial charge in [-0.15, -0.1) is 0 Å². The van der Waals surface area contributed by atoms with Crippen LogP contribution in [-0.2, 0) is 0 Å². The largest absolute Gasteiger partial charge is 0.435 e. The lowest BCUT2D eigenvalue weighted by atomic mass is 10.0. The summed E-state index contributed by atoms with van der Waals surface area (Å²) < 4.78 is 6.29. The van der Waals surface area contributed by atoms with Crippen LogP contribution in [0, 0.1) is 0 Å². The molecular weight excluding hydrogens is 488 g/mol. The first-order chi connectivity index (χ1) is 19.8. The Bertz CT molecular complexity index is 1880. The molecule has 0 aliphatic rings. The van der Waals surface area contributed by atoms with Gasteiger partial charge in [-0.05, 0) is 71.3 Å². The number of para-hydroxylation sites is 2. The van der Waals surface area contributed by atoms with Crippen molar-refractivity contribution in [2.45, 2.75) is 0 Å². The summed E-state index contributed by atoms with van der Waals surface area (Å²) >= 11 is 0. The number of anilines is 3. The van der Waals surface area contributed by atoms with Gasteiger partial charge in [-0.25, -0.2) is 4.98 Å². The molecule has 190 valence electrons. The Morgan fingerprint density at radius 3 is 1.73 bits per heavy atom. The molecule has 0 aliphatic carbocycles. The highest BCUT2D eigenvalue weighted by Gasteiger charge is 2.16. The van der Waals surface area contributed by atoms with Gasteiger partial charge in [0, 0.05) is 28.2 Å². The van der Waals surface area contributed by atoms with E-state index < -0.39 is 0 Å². The molecule has 3 heteroatoms. The average Bonchev–Trinajstić information content (AvgIpc) is 3.48. The Hall–Kier alpha value is -5.41. The van der Waals surface area contributed by atoms with Crippen molar-refractivity contribution in [3.05, 3.63) is 158 Å². The lowest BCUT2D eigenvalue weighted by molar-refractivity contribution is 0.621. The Kier molecular flexibility index (Phi) is 6.15. The van der Waals surface area contributed by atoms with E-state index in [1.165, 1.54) is 11.1 Å². The molecule has 0 atom stereocenters. The molecule has 0 radical (unpaired) electrons. The topological polar surface area (TPSA) is 29.3 Å². The fourth-order valence-electron chi connectivity index (χ4n) is 5.15. The number of nitrogens with zero attached hydrogens (tertiary/aromatic N) is 2. The number of hydrogen-bond acceptors (Lipinski definition) is 3. The molecule has 6 aromatic carbocycles. The molecule has 0 unspecified atom stereocenters. The van der Waals surface area contributed by atoms with Crippen molar-refractivity contribution in [1.29, 1.82) is 0 Å². The second-order valence-electron chi connectivity index (χ2n) is 9.67. The van der Waals surface area contributed by atoms with E-state index in [4.69, 9.17) is 9.40 Å². The standard InChI is InChI=1S/C37H26N2O/c1-4-12-27(13-5-1)30-16-10-19-33(26-30)39(31-17-8-3-9-18-31)32-24-22-28(23-25-32)34-20-11-21-35-36(34)40-37(38-35)29-14-6-2-7-15-29/h1-26H. The Morgan fingerprint density at radius 1 is 0.425 bits per heavy atom. The smallest absolute Gasteiger partial charge is 0.227 e. The van der Waals surface area contributed by atoms with E-state index in [2.05, 4.69) is 108 Å². The van der Waals surface area contributed by atoms with Crippen molar-refractivity contribution >= 4 is 28.2 Å². The predicted molar refractivity (Wildman–Crippen MR) is 165 cm³/mol. The summed E-state index contributed by atoms with van der Waals surface area (Å²) in [7, 11) is 0. The molecule has 3 nitrogen and oxygen atoms in total. The van der Waals surface area contributed by atoms with E-state index in [0.717, 1.165) is 44.9 Å². The van der Waals surface area contributed by atoms with Crippen LogP contribution in [0.2, 0.25) is 0 Å². The van der Waals surface area contributed by atoms with Gasteiger partial charge in [0.1, 0.15) is 5.52 Å². The zero-order valence-electron chi connectivity index (χ0n) is 21.8. The Labute approximate surface area is 233 Å². The molecule has 0 fully saturated rings. The van der Waals surface area contributed by atoms with Crippen LogP contribution in [0.15, 0.2) is 162 Å². The first-order valence-corrected chi connectivity index (χ1v) is 13.4. The summed E-state index contributed by atoms with van der Waals surface area (Å²) in [5, 5.41) is 0. The average molecular weight is 515 g/mol. The molecular formula is C37H26N2O. The van der Waals surface area contributed by atoms with Crippen molar-refractivity contribution in [3.63, 3.8) is 0 Å². The second-order valence-corrected chi connectivity index (χ2v) is 9.67. The maximum atomic E-state index is 6.29. The third-order valence-corrected chi connectivity index (χ3v) is 7.10. The summed E-state index contributed by atoms with van der Waals surface area (Å²) in [6.07, 6.45) is 0. The molecule has 7 aromatic rings. The fourth-order valence-corrected chi connectivity index (χ4v) is 5.15. The SMILES string of the molecule is c1ccc(-c2cccc(N(c3ccccc3)c3ccc(-c4cccc5nc(-c6ccccc6)oc45)cc3)c2)cc1. The summed E-state index contributed by atoms with van der Waals surface area (Å²) in [5.74, 6) is 0.633. The van der Waals surface area contributed by atoms with Gasteiger partial charge in [0.2, 0.25) is 5.89 Å². The molecule has 0 N–H and O–H groups in total. The van der Waals surface area contributed by atoms with Gasteiger partial charge in [0.25, 0.3) is 0 Å². The van der Waals surface area contributed by atoms with E-state index in [1.807, 2.05) is 54.6 Å². The normalized spacial score (nSPS) is 11.0. The van der Waals surface area contributed by atoms with Crippen molar-refractivity contribution in [2.75, 3.05) is 4.90 Å². The first-order valence-electron chi connectivity index (χ1n) is 13.4. The van der Waals surface area contributed by atoms with E-state index in [9.17, 15) is 0 Å². The van der Waals surface area contributed by atoms with Gasteiger partial charge in [-0.2, -0.15) is 0 Å². The quantitative estimate of drug-likeness (QED) is 0.221. The minimum Gasteiger partial charge on any atom is -0.435 e. The third-order valence-electron chi connectivity index (χ3n) is 7.10. The molecule has 0 spiro atoms. The molecule has 0 bridgehead atoms. The summed E-state index contributed by atoms with van der Waals surface area (Å²) in [6, 6.07) is 54.5.